The normalized spacial score (nSPS) is 10.5. The Labute approximate surface area is 173 Å². The van der Waals surface area contributed by atoms with Gasteiger partial charge < -0.3 is 14.5 Å². The number of halogens is 3. The van der Waals surface area contributed by atoms with Gasteiger partial charge >= 0.3 is 0 Å². The summed E-state index contributed by atoms with van der Waals surface area (Å²) in [5.41, 5.74) is 0.303. The minimum atomic E-state index is -0.554. The fourth-order valence-electron chi connectivity index (χ4n) is 2.21. The number of hydrogen-bond donors (Lipinski definition) is 1. The first-order valence-electron chi connectivity index (χ1n) is 7.75. The molecule has 3 aromatic rings. The number of ether oxygens (including phenoxy) is 1. The molecular formula is C18H11Cl3N2O5. The van der Waals surface area contributed by atoms with Gasteiger partial charge in [-0.05, 0) is 36.4 Å². The fraction of sp³-hybridized carbons (Fsp3) is 0.0556. The Hall–Kier alpha value is -2.74. The Morgan fingerprint density at radius 3 is 2.50 bits per heavy atom. The van der Waals surface area contributed by atoms with E-state index in [1.54, 1.807) is 18.2 Å². The molecule has 0 saturated heterocycles. The number of rotatable bonds is 6. The molecule has 1 heterocycles. The Morgan fingerprint density at radius 1 is 1.04 bits per heavy atom. The Kier molecular flexibility index (Phi) is 6.08. The van der Waals surface area contributed by atoms with E-state index in [0.717, 1.165) is 0 Å². The molecule has 0 bridgehead atoms. The standard InChI is InChI=1S/C18H11Cl3N2O5/c19-13-4-1-10(7-15(13)21)22-18(24)16-6-3-12(28-16)9-27-17-8-11(23(25)26)2-5-14(17)20/h1-8H,9H2,(H,22,24). The van der Waals surface area contributed by atoms with Crippen molar-refractivity contribution in [1.82, 2.24) is 0 Å². The van der Waals surface area contributed by atoms with Crippen LogP contribution in [0.5, 0.6) is 5.75 Å². The third-order valence-electron chi connectivity index (χ3n) is 3.56. The van der Waals surface area contributed by atoms with Crippen LogP contribution >= 0.6 is 34.8 Å². The van der Waals surface area contributed by atoms with E-state index >= 15 is 0 Å². The van der Waals surface area contributed by atoms with Gasteiger partial charge in [-0.15, -0.1) is 0 Å². The number of furan rings is 1. The predicted molar refractivity (Wildman–Crippen MR) is 106 cm³/mol. The van der Waals surface area contributed by atoms with Gasteiger partial charge in [0.15, 0.2) is 5.76 Å². The average molecular weight is 442 g/mol. The molecule has 1 N–H and O–H groups in total. The number of amides is 1. The quantitative estimate of drug-likeness (QED) is 0.375. The van der Waals surface area contributed by atoms with Crippen molar-refractivity contribution in [2.45, 2.75) is 6.61 Å². The van der Waals surface area contributed by atoms with Crippen LogP contribution in [-0.2, 0) is 6.61 Å². The number of nitro benzene ring substituents is 1. The lowest BCUT2D eigenvalue weighted by Gasteiger charge is -2.06. The molecule has 7 nitrogen and oxygen atoms in total. The highest BCUT2D eigenvalue weighted by molar-refractivity contribution is 6.42. The molecule has 3 rings (SSSR count). The molecule has 1 amide bonds. The molecule has 0 fully saturated rings. The van der Waals surface area contributed by atoms with Crippen molar-refractivity contribution in [3.63, 3.8) is 0 Å². The van der Waals surface area contributed by atoms with E-state index in [4.69, 9.17) is 44.0 Å². The molecule has 0 aliphatic heterocycles. The zero-order chi connectivity index (χ0) is 20.3. The van der Waals surface area contributed by atoms with Crippen LogP contribution in [0.25, 0.3) is 0 Å². The van der Waals surface area contributed by atoms with Gasteiger partial charge in [0.1, 0.15) is 18.1 Å². The second kappa shape index (κ2) is 8.52. The summed E-state index contributed by atoms with van der Waals surface area (Å²) in [6, 6.07) is 11.5. The number of hydrogen-bond acceptors (Lipinski definition) is 5. The number of carbonyl (C=O) groups is 1. The second-order valence-electron chi connectivity index (χ2n) is 5.51. The summed E-state index contributed by atoms with van der Waals surface area (Å²) in [7, 11) is 0. The first kappa shape index (κ1) is 20.0. The molecule has 144 valence electrons. The van der Waals surface area contributed by atoms with E-state index in [-0.39, 0.29) is 28.8 Å². The van der Waals surface area contributed by atoms with Crippen molar-refractivity contribution in [2.75, 3.05) is 5.32 Å². The van der Waals surface area contributed by atoms with E-state index in [0.29, 0.717) is 21.5 Å². The lowest BCUT2D eigenvalue weighted by molar-refractivity contribution is -0.384. The van der Waals surface area contributed by atoms with E-state index in [2.05, 4.69) is 5.32 Å². The van der Waals surface area contributed by atoms with Crippen LogP contribution in [0.1, 0.15) is 16.3 Å². The summed E-state index contributed by atoms with van der Waals surface area (Å²) in [5.74, 6) is 0.0313. The van der Waals surface area contributed by atoms with Gasteiger partial charge in [-0.25, -0.2) is 0 Å². The summed E-state index contributed by atoms with van der Waals surface area (Å²) in [6.07, 6.45) is 0. The summed E-state index contributed by atoms with van der Waals surface area (Å²) in [6.45, 7) is -0.0685. The van der Waals surface area contributed by atoms with Gasteiger partial charge in [-0.1, -0.05) is 34.8 Å². The first-order valence-corrected chi connectivity index (χ1v) is 8.89. The number of nitrogens with zero attached hydrogens (tertiary/aromatic N) is 1. The van der Waals surface area contributed by atoms with Gasteiger partial charge in [0.2, 0.25) is 0 Å². The Balaban J connectivity index is 1.65. The number of anilines is 1. The van der Waals surface area contributed by atoms with Crippen molar-refractivity contribution >= 4 is 52.1 Å². The van der Waals surface area contributed by atoms with Crippen molar-refractivity contribution in [1.29, 1.82) is 0 Å². The zero-order valence-corrected chi connectivity index (χ0v) is 16.2. The maximum absolute atomic E-state index is 12.3. The van der Waals surface area contributed by atoms with Crippen molar-refractivity contribution < 1.29 is 18.9 Å². The largest absolute Gasteiger partial charge is 0.484 e. The summed E-state index contributed by atoms with van der Waals surface area (Å²) >= 11 is 17.7. The van der Waals surface area contributed by atoms with Crippen LogP contribution in [-0.4, -0.2) is 10.8 Å². The maximum atomic E-state index is 12.3. The number of non-ortho nitro benzene ring substituents is 1. The molecule has 0 spiro atoms. The molecule has 0 saturated carbocycles. The van der Waals surface area contributed by atoms with Crippen LogP contribution in [0.4, 0.5) is 11.4 Å². The minimum absolute atomic E-state index is 0.0508. The first-order chi connectivity index (χ1) is 13.3. The zero-order valence-electron chi connectivity index (χ0n) is 13.9. The third kappa shape index (κ3) is 4.75. The summed E-state index contributed by atoms with van der Waals surface area (Å²) in [5, 5.41) is 14.4. The van der Waals surface area contributed by atoms with Crippen LogP contribution in [0, 0.1) is 10.1 Å². The Bertz CT molecular complexity index is 1050. The average Bonchev–Trinajstić information content (AvgIpc) is 3.13. The molecule has 28 heavy (non-hydrogen) atoms. The van der Waals surface area contributed by atoms with Crippen LogP contribution in [0.2, 0.25) is 15.1 Å². The second-order valence-corrected chi connectivity index (χ2v) is 6.73. The van der Waals surface area contributed by atoms with Crippen molar-refractivity contribution in [3.05, 3.63) is 85.2 Å². The van der Waals surface area contributed by atoms with Crippen LogP contribution < -0.4 is 10.1 Å². The van der Waals surface area contributed by atoms with E-state index in [9.17, 15) is 14.9 Å². The van der Waals surface area contributed by atoms with Crippen LogP contribution in [0.3, 0.4) is 0 Å². The van der Waals surface area contributed by atoms with E-state index in [1.165, 1.54) is 30.3 Å². The number of nitrogens with one attached hydrogen (secondary N) is 1. The molecule has 0 aliphatic rings. The topological polar surface area (TPSA) is 94.6 Å². The minimum Gasteiger partial charge on any atom is -0.484 e. The molecule has 0 unspecified atom stereocenters. The molecule has 0 atom stereocenters. The van der Waals surface area contributed by atoms with Gasteiger partial charge in [0.25, 0.3) is 11.6 Å². The highest BCUT2D eigenvalue weighted by atomic mass is 35.5. The highest BCUT2D eigenvalue weighted by Crippen LogP contribution is 2.30. The van der Waals surface area contributed by atoms with Crippen molar-refractivity contribution in [3.8, 4) is 5.75 Å². The molecule has 0 aliphatic carbocycles. The lowest BCUT2D eigenvalue weighted by Crippen LogP contribution is -2.10. The van der Waals surface area contributed by atoms with Gasteiger partial charge in [0, 0.05) is 11.8 Å². The molecule has 10 heteroatoms. The van der Waals surface area contributed by atoms with E-state index in [1.807, 2.05) is 0 Å². The Morgan fingerprint density at radius 2 is 1.79 bits per heavy atom. The SMILES string of the molecule is O=C(Nc1ccc(Cl)c(Cl)c1)c1ccc(COc2cc([N+](=O)[O-])ccc2Cl)o1. The van der Waals surface area contributed by atoms with Crippen LogP contribution in [0.15, 0.2) is 52.9 Å². The molecule has 1 aromatic heterocycles. The number of carbonyl (C=O) groups excluding carboxylic acids is 1. The monoisotopic (exact) mass is 440 g/mol. The highest BCUT2D eigenvalue weighted by Gasteiger charge is 2.14. The van der Waals surface area contributed by atoms with Gasteiger partial charge in [-0.2, -0.15) is 0 Å². The maximum Gasteiger partial charge on any atom is 0.291 e. The van der Waals surface area contributed by atoms with Gasteiger partial charge in [-0.3, -0.25) is 14.9 Å². The van der Waals surface area contributed by atoms with Crippen molar-refractivity contribution in [2.24, 2.45) is 0 Å². The molecule has 2 aromatic carbocycles. The lowest BCUT2D eigenvalue weighted by atomic mass is 10.3. The molecule has 0 radical (unpaired) electrons. The fourth-order valence-corrected chi connectivity index (χ4v) is 2.68. The summed E-state index contributed by atoms with van der Waals surface area (Å²) < 4.78 is 10.9. The predicted octanol–water partition coefficient (Wildman–Crippen LogP) is 5.98. The van der Waals surface area contributed by atoms with Gasteiger partial charge in [0.05, 0.1) is 26.1 Å². The smallest absolute Gasteiger partial charge is 0.291 e. The van der Waals surface area contributed by atoms with E-state index < -0.39 is 10.8 Å². The molecular weight excluding hydrogens is 431 g/mol. The third-order valence-corrected chi connectivity index (χ3v) is 4.61. The number of benzene rings is 2. The summed E-state index contributed by atoms with van der Waals surface area (Å²) in [4.78, 5) is 22.5. The number of nitro groups is 1.